The predicted octanol–water partition coefficient (Wildman–Crippen LogP) is 6.03. The third-order valence-corrected chi connectivity index (χ3v) is 19.5. The topological polar surface area (TPSA) is 22.1 Å². The van der Waals surface area contributed by atoms with E-state index in [9.17, 15) is 0 Å². The third-order valence-electron chi connectivity index (χ3n) is 9.71. The van der Waals surface area contributed by atoms with Gasteiger partial charge in [0.1, 0.15) is 28.8 Å². The summed E-state index contributed by atoms with van der Waals surface area (Å²) in [5, 5.41) is 6.35. The van der Waals surface area contributed by atoms with Crippen LogP contribution in [-0.2, 0) is 4.43 Å². The van der Waals surface area contributed by atoms with E-state index in [-0.39, 0.29) is 40.8 Å². The molecule has 0 fully saturated rings. The fraction of sp³-hybridized carbons (Fsp3) is 0.178. The van der Waals surface area contributed by atoms with Crippen molar-refractivity contribution in [3.05, 3.63) is 194 Å². The summed E-state index contributed by atoms with van der Waals surface area (Å²) in [6.45, 7) is 13.8. The molecule has 1 aromatic heterocycles. The van der Waals surface area contributed by atoms with Gasteiger partial charge in [-0.2, -0.15) is 0 Å². The van der Waals surface area contributed by atoms with E-state index in [0.717, 1.165) is 17.7 Å². The standard InChI is InChI=1S/C45H47NOPSi.HI/c1-36(2)43(47-49(45(3,4)5,40-29-17-9-18-30-40)41-31-19-10-20-32-41)35-44(42-33-21-22-34-46-42)48(37-23-11-6-12-24-37,38-25-13-7-14-26-38)39-27-15-8-16-28-39;/h6-34,43-44H,1,35H2,2-5H3;1H/q+1;/p-1/t43-,44?;/m0./s1. The molecule has 0 aliphatic heterocycles. The van der Waals surface area contributed by atoms with Crippen molar-refractivity contribution in [3.63, 3.8) is 0 Å². The van der Waals surface area contributed by atoms with E-state index < -0.39 is 15.6 Å². The Kier molecular flexibility index (Phi) is 12.4. The summed E-state index contributed by atoms with van der Waals surface area (Å²) in [6.07, 6.45) is 2.42. The maximum Gasteiger partial charge on any atom is 0.261 e. The summed E-state index contributed by atoms with van der Waals surface area (Å²) < 4.78 is 7.92. The molecule has 50 heavy (non-hydrogen) atoms. The Bertz CT molecular complexity index is 1780. The van der Waals surface area contributed by atoms with Gasteiger partial charge in [0.2, 0.25) is 0 Å². The Balaban J connectivity index is 0.00000486. The molecule has 6 rings (SSSR count). The molecule has 0 bridgehead atoms. The normalized spacial score (nSPS) is 13.1. The zero-order valence-electron chi connectivity index (χ0n) is 29.5. The van der Waals surface area contributed by atoms with Gasteiger partial charge in [-0.15, -0.1) is 0 Å². The second kappa shape index (κ2) is 16.6. The molecule has 5 aromatic carbocycles. The molecule has 1 unspecified atom stereocenters. The van der Waals surface area contributed by atoms with Gasteiger partial charge in [0.25, 0.3) is 8.32 Å². The van der Waals surface area contributed by atoms with Crippen molar-refractivity contribution < 1.29 is 28.4 Å². The lowest BCUT2D eigenvalue weighted by molar-refractivity contribution is -0.0000107. The van der Waals surface area contributed by atoms with Gasteiger partial charge < -0.3 is 28.4 Å². The van der Waals surface area contributed by atoms with Crippen LogP contribution in [0, 0.1) is 0 Å². The maximum atomic E-state index is 7.92. The minimum absolute atomic E-state index is 0. The molecule has 0 saturated carbocycles. The molecular formula is C45H47INOPSi. The minimum atomic E-state index is -2.91. The number of aromatic nitrogens is 1. The Morgan fingerprint density at radius 3 is 1.34 bits per heavy atom. The number of benzene rings is 5. The molecule has 0 amide bonds. The molecule has 0 aliphatic rings. The molecule has 0 saturated heterocycles. The second-order valence-electron chi connectivity index (χ2n) is 13.9. The third kappa shape index (κ3) is 7.36. The maximum absolute atomic E-state index is 7.92. The number of rotatable bonds is 12. The van der Waals surface area contributed by atoms with Crippen LogP contribution in [0.4, 0.5) is 0 Å². The Morgan fingerprint density at radius 2 is 1.00 bits per heavy atom. The zero-order chi connectivity index (χ0) is 34.3. The summed E-state index contributed by atoms with van der Waals surface area (Å²) in [6, 6.07) is 61.6. The van der Waals surface area contributed by atoms with Crippen LogP contribution in [0.1, 0.15) is 45.5 Å². The van der Waals surface area contributed by atoms with Crippen LogP contribution >= 0.6 is 7.26 Å². The average molecular weight is 804 g/mol. The summed E-state index contributed by atoms with van der Waals surface area (Å²) in [5.41, 5.74) is 2.10. The van der Waals surface area contributed by atoms with Crippen LogP contribution in [0.2, 0.25) is 5.04 Å². The second-order valence-corrected chi connectivity index (χ2v) is 21.7. The Labute approximate surface area is 318 Å². The number of pyridine rings is 1. The molecule has 6 aromatic rings. The van der Waals surface area contributed by atoms with Crippen molar-refractivity contribution in [1.29, 1.82) is 0 Å². The van der Waals surface area contributed by atoms with Crippen LogP contribution < -0.4 is 50.3 Å². The molecule has 0 aliphatic carbocycles. The highest BCUT2D eigenvalue weighted by Gasteiger charge is 2.56. The highest BCUT2D eigenvalue weighted by Crippen LogP contribution is 2.68. The van der Waals surface area contributed by atoms with Crippen molar-refractivity contribution in [2.24, 2.45) is 0 Å². The fourth-order valence-corrected chi connectivity index (χ4v) is 17.2. The monoisotopic (exact) mass is 803 g/mol. The number of halogens is 1. The van der Waals surface area contributed by atoms with Gasteiger partial charge >= 0.3 is 0 Å². The van der Waals surface area contributed by atoms with Crippen molar-refractivity contribution in [1.82, 2.24) is 4.98 Å². The first-order valence-electron chi connectivity index (χ1n) is 17.2. The molecule has 254 valence electrons. The van der Waals surface area contributed by atoms with Crippen molar-refractivity contribution in [2.45, 2.75) is 50.9 Å². The fourth-order valence-electron chi connectivity index (χ4n) is 7.48. The summed E-state index contributed by atoms with van der Waals surface area (Å²) in [4.78, 5) is 5.15. The first-order chi connectivity index (χ1) is 23.8. The number of hydrogen-bond acceptors (Lipinski definition) is 2. The van der Waals surface area contributed by atoms with E-state index in [1.165, 1.54) is 26.3 Å². The predicted molar refractivity (Wildman–Crippen MR) is 214 cm³/mol. The Morgan fingerprint density at radius 1 is 0.620 bits per heavy atom. The van der Waals surface area contributed by atoms with Crippen LogP contribution in [-0.4, -0.2) is 19.4 Å². The van der Waals surface area contributed by atoms with Crippen LogP contribution in [0.25, 0.3) is 0 Å². The molecule has 2 nitrogen and oxygen atoms in total. The lowest BCUT2D eigenvalue weighted by Gasteiger charge is -2.46. The number of hydrogen-bond donors (Lipinski definition) is 0. The largest absolute Gasteiger partial charge is 1.00 e. The van der Waals surface area contributed by atoms with Crippen LogP contribution in [0.15, 0.2) is 188 Å². The van der Waals surface area contributed by atoms with Gasteiger partial charge in [-0.25, -0.2) is 0 Å². The van der Waals surface area contributed by atoms with Crippen molar-refractivity contribution in [3.8, 4) is 0 Å². The first kappa shape index (κ1) is 37.6. The van der Waals surface area contributed by atoms with Crippen LogP contribution in [0.3, 0.4) is 0 Å². The summed E-state index contributed by atoms with van der Waals surface area (Å²) >= 11 is 0. The number of nitrogens with zero attached hydrogens (tertiary/aromatic N) is 1. The van der Waals surface area contributed by atoms with E-state index in [2.05, 4.69) is 198 Å². The van der Waals surface area contributed by atoms with E-state index >= 15 is 0 Å². The molecule has 0 spiro atoms. The van der Waals surface area contributed by atoms with E-state index in [0.29, 0.717) is 0 Å². The average Bonchev–Trinajstić information content (AvgIpc) is 3.14. The van der Waals surface area contributed by atoms with E-state index in [4.69, 9.17) is 9.41 Å². The highest BCUT2D eigenvalue weighted by atomic mass is 127. The highest BCUT2D eigenvalue weighted by molar-refractivity contribution is 7.96. The molecular weight excluding hydrogens is 756 g/mol. The molecule has 1 heterocycles. The Hall–Kier alpha value is -3.67. The van der Waals surface area contributed by atoms with E-state index in [1.807, 2.05) is 12.3 Å². The van der Waals surface area contributed by atoms with E-state index in [1.54, 1.807) is 0 Å². The smallest absolute Gasteiger partial charge is 0.261 e. The van der Waals surface area contributed by atoms with Gasteiger partial charge in [-0.1, -0.05) is 154 Å². The van der Waals surface area contributed by atoms with Gasteiger partial charge in [0.15, 0.2) is 0 Å². The molecule has 2 atom stereocenters. The quantitative estimate of drug-likeness (QED) is 0.0653. The lowest BCUT2D eigenvalue weighted by atomic mass is 10.1. The van der Waals surface area contributed by atoms with Crippen LogP contribution in [0.5, 0.6) is 0 Å². The summed E-state index contributed by atoms with van der Waals surface area (Å²) in [7, 11) is -5.31. The lowest BCUT2D eigenvalue weighted by Crippen LogP contribution is -3.00. The minimum Gasteiger partial charge on any atom is -1.00 e. The first-order valence-corrected chi connectivity index (χ1v) is 21.0. The van der Waals surface area contributed by atoms with Crippen molar-refractivity contribution in [2.75, 3.05) is 0 Å². The van der Waals surface area contributed by atoms with Crippen molar-refractivity contribution >= 4 is 41.9 Å². The van der Waals surface area contributed by atoms with Gasteiger partial charge in [-0.05, 0) is 70.9 Å². The van der Waals surface area contributed by atoms with Gasteiger partial charge in [0, 0.05) is 12.6 Å². The molecule has 0 radical (unpaired) electrons. The molecule has 0 N–H and O–H groups in total. The zero-order valence-corrected chi connectivity index (χ0v) is 33.5. The van der Waals surface area contributed by atoms with Gasteiger partial charge in [-0.3, -0.25) is 4.98 Å². The molecule has 5 heteroatoms. The SMILES string of the molecule is C=C(C)[C@H](CC(c1ccccn1)[P+](c1ccccc1)(c1ccccc1)c1ccccc1)O[Si](c1ccccc1)(c1ccccc1)C(C)(C)C.[I-]. The summed E-state index contributed by atoms with van der Waals surface area (Å²) in [5.74, 6) is 0. The van der Waals surface area contributed by atoms with Gasteiger partial charge in [0.05, 0.1) is 11.8 Å².